The molecule has 0 aromatic heterocycles. The van der Waals surface area contributed by atoms with Crippen LogP contribution in [-0.2, 0) is 22.3 Å². The largest absolute Gasteiger partial charge is 0.457 e. The second-order valence-electron chi connectivity index (χ2n) is 7.42. The van der Waals surface area contributed by atoms with Gasteiger partial charge in [-0.05, 0) is 41.0 Å². The summed E-state index contributed by atoms with van der Waals surface area (Å²) < 4.78 is 17.2. The van der Waals surface area contributed by atoms with Crippen molar-refractivity contribution >= 4 is 5.69 Å². The number of nitrogen functional groups attached to an aromatic ring is 1. The molecule has 2 heterocycles. The molecule has 3 aromatic rings. The third-order valence-electron chi connectivity index (χ3n) is 5.28. The molecular formula is C24H23NO3. The van der Waals surface area contributed by atoms with Crippen LogP contribution in [0.3, 0.4) is 0 Å². The van der Waals surface area contributed by atoms with E-state index in [4.69, 9.17) is 19.9 Å². The smallest absolute Gasteiger partial charge is 0.131 e. The molecule has 2 fully saturated rings. The lowest BCUT2D eigenvalue weighted by atomic mass is 9.96. The Hall–Kier alpha value is -2.82. The third kappa shape index (κ3) is 3.88. The SMILES string of the molecule is Nc1ccc(Oc2ccc(-c3ccccc3)cc2)c(CC2CO2)c1CC1CO1. The minimum absolute atomic E-state index is 0.267. The lowest BCUT2D eigenvalue weighted by Gasteiger charge is -2.17. The number of hydrogen-bond acceptors (Lipinski definition) is 4. The predicted molar refractivity (Wildman–Crippen MR) is 110 cm³/mol. The second-order valence-corrected chi connectivity index (χ2v) is 7.42. The molecule has 0 saturated carbocycles. The number of benzene rings is 3. The van der Waals surface area contributed by atoms with Crippen molar-refractivity contribution in [2.75, 3.05) is 18.9 Å². The fourth-order valence-corrected chi connectivity index (χ4v) is 3.55. The molecule has 4 nitrogen and oxygen atoms in total. The van der Waals surface area contributed by atoms with Crippen LogP contribution < -0.4 is 10.5 Å². The Labute approximate surface area is 164 Å². The summed E-state index contributed by atoms with van der Waals surface area (Å²) in [5.41, 5.74) is 11.7. The van der Waals surface area contributed by atoms with Gasteiger partial charge in [-0.2, -0.15) is 0 Å². The van der Waals surface area contributed by atoms with Crippen molar-refractivity contribution < 1.29 is 14.2 Å². The molecule has 0 bridgehead atoms. The Kier molecular flexibility index (Phi) is 4.51. The maximum absolute atomic E-state index is 6.29. The first kappa shape index (κ1) is 17.3. The molecule has 0 radical (unpaired) electrons. The first-order chi connectivity index (χ1) is 13.8. The van der Waals surface area contributed by atoms with Crippen molar-refractivity contribution in [1.29, 1.82) is 0 Å². The number of hydrogen-bond donors (Lipinski definition) is 1. The molecule has 0 spiro atoms. The summed E-state index contributed by atoms with van der Waals surface area (Å²) in [7, 11) is 0. The van der Waals surface area contributed by atoms with Gasteiger partial charge < -0.3 is 19.9 Å². The monoisotopic (exact) mass is 373 g/mol. The van der Waals surface area contributed by atoms with Gasteiger partial charge in [0.05, 0.1) is 25.4 Å². The highest BCUT2D eigenvalue weighted by Crippen LogP contribution is 2.36. The summed E-state index contributed by atoms with van der Waals surface area (Å²) >= 11 is 0. The zero-order valence-corrected chi connectivity index (χ0v) is 15.6. The topological polar surface area (TPSA) is 60.3 Å². The summed E-state index contributed by atoms with van der Waals surface area (Å²) in [5.74, 6) is 1.67. The van der Waals surface area contributed by atoms with Crippen LogP contribution in [0.2, 0.25) is 0 Å². The zero-order valence-electron chi connectivity index (χ0n) is 15.6. The van der Waals surface area contributed by atoms with Crippen molar-refractivity contribution in [3.8, 4) is 22.6 Å². The molecule has 3 aromatic carbocycles. The molecular weight excluding hydrogens is 350 g/mol. The number of rotatable bonds is 7. The van der Waals surface area contributed by atoms with E-state index in [0.717, 1.165) is 54.4 Å². The van der Waals surface area contributed by atoms with Gasteiger partial charge in [0.2, 0.25) is 0 Å². The first-order valence-electron chi connectivity index (χ1n) is 9.73. The maximum Gasteiger partial charge on any atom is 0.131 e. The quantitative estimate of drug-likeness (QED) is 0.485. The van der Waals surface area contributed by atoms with E-state index in [1.807, 2.05) is 42.5 Å². The summed E-state index contributed by atoms with van der Waals surface area (Å²) in [5, 5.41) is 0. The van der Waals surface area contributed by atoms with Crippen LogP contribution in [0.25, 0.3) is 11.1 Å². The van der Waals surface area contributed by atoms with E-state index in [9.17, 15) is 0 Å². The number of anilines is 1. The third-order valence-corrected chi connectivity index (χ3v) is 5.28. The predicted octanol–water partition coefficient (Wildman–Crippen LogP) is 4.61. The highest BCUT2D eigenvalue weighted by Gasteiger charge is 2.30. The summed E-state index contributed by atoms with van der Waals surface area (Å²) in [6.45, 7) is 1.62. The van der Waals surface area contributed by atoms with Crippen molar-refractivity contribution in [3.05, 3.63) is 77.9 Å². The van der Waals surface area contributed by atoms with Crippen molar-refractivity contribution in [2.45, 2.75) is 25.0 Å². The fourth-order valence-electron chi connectivity index (χ4n) is 3.55. The van der Waals surface area contributed by atoms with E-state index in [1.165, 1.54) is 11.1 Å². The molecule has 0 aliphatic carbocycles. The Morgan fingerprint density at radius 3 is 2.00 bits per heavy atom. The van der Waals surface area contributed by atoms with Crippen LogP contribution in [0.1, 0.15) is 11.1 Å². The average Bonchev–Trinajstić information content (AvgIpc) is 3.64. The normalized spacial score (nSPS) is 20.0. The van der Waals surface area contributed by atoms with Crippen molar-refractivity contribution in [2.24, 2.45) is 0 Å². The van der Waals surface area contributed by atoms with Crippen LogP contribution in [0, 0.1) is 0 Å². The van der Waals surface area contributed by atoms with Gasteiger partial charge >= 0.3 is 0 Å². The van der Waals surface area contributed by atoms with Gasteiger partial charge in [-0.15, -0.1) is 0 Å². The van der Waals surface area contributed by atoms with Gasteiger partial charge in [0, 0.05) is 24.1 Å². The number of epoxide rings is 2. The standard InChI is InChI=1S/C24H23NO3/c25-23-10-11-24(22(13-20-15-27-20)21(23)12-19-14-26-19)28-18-8-6-17(7-9-18)16-4-2-1-3-5-16/h1-11,19-20H,12-15,25H2. The Bertz CT molecular complexity index is 961. The van der Waals surface area contributed by atoms with Crippen LogP contribution in [0.5, 0.6) is 11.5 Å². The average molecular weight is 373 g/mol. The van der Waals surface area contributed by atoms with Crippen molar-refractivity contribution in [1.82, 2.24) is 0 Å². The molecule has 142 valence electrons. The van der Waals surface area contributed by atoms with Crippen LogP contribution >= 0.6 is 0 Å². The fraction of sp³-hybridized carbons (Fsp3) is 0.250. The minimum Gasteiger partial charge on any atom is -0.457 e. The van der Waals surface area contributed by atoms with Gasteiger partial charge in [-0.1, -0.05) is 42.5 Å². The Balaban J connectivity index is 1.42. The van der Waals surface area contributed by atoms with Crippen LogP contribution in [0.4, 0.5) is 5.69 Å². The van der Waals surface area contributed by atoms with Crippen LogP contribution in [0.15, 0.2) is 66.7 Å². The lowest BCUT2D eigenvalue weighted by Crippen LogP contribution is -2.08. The van der Waals surface area contributed by atoms with E-state index in [-0.39, 0.29) is 12.2 Å². The molecule has 0 amide bonds. The summed E-state index contributed by atoms with van der Waals surface area (Å²) in [4.78, 5) is 0. The highest BCUT2D eigenvalue weighted by molar-refractivity contribution is 5.64. The van der Waals surface area contributed by atoms with E-state index < -0.39 is 0 Å². The molecule has 28 heavy (non-hydrogen) atoms. The van der Waals surface area contributed by atoms with E-state index in [2.05, 4.69) is 24.3 Å². The molecule has 2 aliphatic rings. The number of nitrogens with two attached hydrogens (primary N) is 1. The number of ether oxygens (including phenoxy) is 3. The Morgan fingerprint density at radius 1 is 0.750 bits per heavy atom. The van der Waals surface area contributed by atoms with E-state index >= 15 is 0 Å². The minimum atomic E-state index is 0.267. The van der Waals surface area contributed by atoms with E-state index in [0.29, 0.717) is 0 Å². The first-order valence-corrected chi connectivity index (χ1v) is 9.73. The molecule has 2 aliphatic heterocycles. The van der Waals surface area contributed by atoms with Gasteiger partial charge in [0.1, 0.15) is 11.5 Å². The molecule has 2 atom stereocenters. The lowest BCUT2D eigenvalue weighted by molar-refractivity contribution is 0.397. The van der Waals surface area contributed by atoms with Crippen molar-refractivity contribution in [3.63, 3.8) is 0 Å². The Morgan fingerprint density at radius 2 is 1.36 bits per heavy atom. The molecule has 2 saturated heterocycles. The molecule has 4 heteroatoms. The van der Waals surface area contributed by atoms with Gasteiger partial charge in [0.15, 0.2) is 0 Å². The van der Waals surface area contributed by atoms with Crippen LogP contribution in [-0.4, -0.2) is 25.4 Å². The van der Waals surface area contributed by atoms with Gasteiger partial charge in [0.25, 0.3) is 0 Å². The van der Waals surface area contributed by atoms with E-state index in [1.54, 1.807) is 0 Å². The highest BCUT2D eigenvalue weighted by atomic mass is 16.6. The van der Waals surface area contributed by atoms with Gasteiger partial charge in [-0.25, -0.2) is 0 Å². The maximum atomic E-state index is 6.29. The molecule has 2 N–H and O–H groups in total. The zero-order chi connectivity index (χ0) is 18.9. The van der Waals surface area contributed by atoms with Gasteiger partial charge in [-0.3, -0.25) is 0 Å². The summed E-state index contributed by atoms with van der Waals surface area (Å²) in [6.07, 6.45) is 2.20. The molecule has 5 rings (SSSR count). The molecule has 2 unspecified atom stereocenters. The summed E-state index contributed by atoms with van der Waals surface area (Å²) in [6, 6.07) is 22.4. The second kappa shape index (κ2) is 7.30.